The van der Waals surface area contributed by atoms with Gasteiger partial charge in [0.2, 0.25) is 5.82 Å². The van der Waals surface area contributed by atoms with Gasteiger partial charge < -0.3 is 10.1 Å². The van der Waals surface area contributed by atoms with Crippen molar-refractivity contribution in [2.75, 3.05) is 0 Å². The maximum Gasteiger partial charge on any atom is 0.371 e. The molecule has 0 bridgehead atoms. The first kappa shape index (κ1) is 12.4. The summed E-state index contributed by atoms with van der Waals surface area (Å²) in [5.74, 6) is -1.05. The Kier molecular flexibility index (Phi) is 2.95. The molecular formula is C14H16N2O2. The SMILES string of the molecule is Cc1cc(C)c(-c2nc(C(=O)O)[nH]c2C)c(C)c1. The van der Waals surface area contributed by atoms with Crippen LogP contribution < -0.4 is 0 Å². The van der Waals surface area contributed by atoms with Crippen molar-refractivity contribution in [1.82, 2.24) is 9.97 Å². The molecule has 0 aliphatic rings. The number of carboxylic acid groups (broad SMARTS) is 1. The van der Waals surface area contributed by atoms with E-state index in [1.807, 2.05) is 27.7 Å². The van der Waals surface area contributed by atoms with Crippen LogP contribution in [0.3, 0.4) is 0 Å². The van der Waals surface area contributed by atoms with Crippen molar-refractivity contribution in [2.45, 2.75) is 27.7 Å². The van der Waals surface area contributed by atoms with Crippen LogP contribution in [-0.4, -0.2) is 21.0 Å². The zero-order chi connectivity index (χ0) is 13.4. The molecule has 1 aromatic carbocycles. The Balaban J connectivity index is 2.66. The normalized spacial score (nSPS) is 10.7. The fraction of sp³-hybridized carbons (Fsp3) is 0.286. The van der Waals surface area contributed by atoms with Gasteiger partial charge in [0.05, 0.1) is 5.69 Å². The highest BCUT2D eigenvalue weighted by molar-refractivity contribution is 5.85. The van der Waals surface area contributed by atoms with Gasteiger partial charge in [0.15, 0.2) is 0 Å². The van der Waals surface area contributed by atoms with Crippen LogP contribution in [-0.2, 0) is 0 Å². The molecule has 94 valence electrons. The van der Waals surface area contributed by atoms with Gasteiger partial charge in [-0.05, 0) is 38.8 Å². The van der Waals surface area contributed by atoms with Crippen LogP contribution in [0.25, 0.3) is 11.3 Å². The van der Waals surface area contributed by atoms with E-state index in [-0.39, 0.29) is 5.82 Å². The molecule has 1 aromatic heterocycles. The van der Waals surface area contributed by atoms with Crippen molar-refractivity contribution < 1.29 is 9.90 Å². The summed E-state index contributed by atoms with van der Waals surface area (Å²) >= 11 is 0. The predicted octanol–water partition coefficient (Wildman–Crippen LogP) is 3.01. The molecule has 0 unspecified atom stereocenters. The van der Waals surface area contributed by atoms with Gasteiger partial charge in [0, 0.05) is 11.3 Å². The number of nitrogens with one attached hydrogen (secondary N) is 1. The minimum absolute atomic E-state index is 0.0122. The summed E-state index contributed by atoms with van der Waals surface area (Å²) in [4.78, 5) is 17.9. The van der Waals surface area contributed by atoms with Crippen LogP contribution in [0, 0.1) is 27.7 Å². The second-order valence-electron chi connectivity index (χ2n) is 4.64. The van der Waals surface area contributed by atoms with Crippen molar-refractivity contribution in [3.63, 3.8) is 0 Å². The van der Waals surface area contributed by atoms with E-state index < -0.39 is 5.97 Å². The first-order valence-electron chi connectivity index (χ1n) is 5.78. The maximum atomic E-state index is 10.9. The number of imidazole rings is 1. The highest BCUT2D eigenvalue weighted by Crippen LogP contribution is 2.29. The number of aryl methyl sites for hydroxylation is 4. The second-order valence-corrected chi connectivity index (χ2v) is 4.64. The molecule has 0 radical (unpaired) electrons. The van der Waals surface area contributed by atoms with Crippen LogP contribution in [0.15, 0.2) is 12.1 Å². The Bertz CT molecular complexity index is 604. The number of rotatable bonds is 2. The number of H-pyrrole nitrogens is 1. The van der Waals surface area contributed by atoms with E-state index in [0.717, 1.165) is 28.1 Å². The molecule has 0 fully saturated rings. The molecule has 0 saturated carbocycles. The van der Waals surface area contributed by atoms with Gasteiger partial charge in [0.25, 0.3) is 0 Å². The highest BCUT2D eigenvalue weighted by Gasteiger charge is 2.16. The lowest BCUT2D eigenvalue weighted by Gasteiger charge is -2.09. The maximum absolute atomic E-state index is 10.9. The zero-order valence-electron chi connectivity index (χ0n) is 11.0. The summed E-state index contributed by atoms with van der Waals surface area (Å²) < 4.78 is 0. The number of aromatic amines is 1. The van der Waals surface area contributed by atoms with E-state index >= 15 is 0 Å². The van der Waals surface area contributed by atoms with Crippen molar-refractivity contribution >= 4 is 5.97 Å². The van der Waals surface area contributed by atoms with Crippen molar-refractivity contribution in [3.05, 3.63) is 40.3 Å². The van der Waals surface area contributed by atoms with Crippen LogP contribution in [0.2, 0.25) is 0 Å². The molecule has 4 heteroatoms. The zero-order valence-corrected chi connectivity index (χ0v) is 11.0. The lowest BCUT2D eigenvalue weighted by atomic mass is 9.96. The largest absolute Gasteiger partial charge is 0.475 e. The third kappa shape index (κ3) is 2.01. The van der Waals surface area contributed by atoms with Crippen molar-refractivity contribution in [1.29, 1.82) is 0 Å². The van der Waals surface area contributed by atoms with E-state index in [1.165, 1.54) is 5.56 Å². The number of nitrogens with zero attached hydrogens (tertiary/aromatic N) is 1. The lowest BCUT2D eigenvalue weighted by Crippen LogP contribution is -1.98. The molecule has 18 heavy (non-hydrogen) atoms. The second kappa shape index (κ2) is 4.29. The van der Waals surface area contributed by atoms with Crippen molar-refractivity contribution in [3.8, 4) is 11.3 Å². The molecule has 0 aliphatic heterocycles. The molecule has 0 saturated heterocycles. The number of aromatic carboxylic acids is 1. The van der Waals surface area contributed by atoms with Crippen LogP contribution in [0.1, 0.15) is 33.0 Å². The van der Waals surface area contributed by atoms with E-state index in [0.29, 0.717) is 0 Å². The molecular weight excluding hydrogens is 228 g/mol. The van der Waals surface area contributed by atoms with Gasteiger partial charge in [0.1, 0.15) is 0 Å². The summed E-state index contributed by atoms with van der Waals surface area (Å²) in [5, 5.41) is 8.96. The molecule has 0 amide bonds. The number of carbonyl (C=O) groups is 1. The first-order chi connectivity index (χ1) is 8.40. The highest BCUT2D eigenvalue weighted by atomic mass is 16.4. The molecule has 2 aromatic rings. The topological polar surface area (TPSA) is 66.0 Å². The summed E-state index contributed by atoms with van der Waals surface area (Å²) in [6, 6.07) is 4.16. The molecule has 0 aliphatic carbocycles. The standard InChI is InChI=1S/C14H16N2O2/c1-7-5-8(2)11(9(3)6-7)12-10(4)15-13(16-12)14(17)18/h5-6H,1-4H3,(H,15,16)(H,17,18). The molecule has 0 atom stereocenters. The van der Waals surface area contributed by atoms with Gasteiger partial charge in [-0.15, -0.1) is 0 Å². The lowest BCUT2D eigenvalue weighted by molar-refractivity contribution is 0.0684. The van der Waals surface area contributed by atoms with Crippen LogP contribution in [0.5, 0.6) is 0 Å². The smallest absolute Gasteiger partial charge is 0.371 e. The van der Waals surface area contributed by atoms with E-state index in [2.05, 4.69) is 22.1 Å². The Morgan fingerprint density at radius 3 is 2.17 bits per heavy atom. The quantitative estimate of drug-likeness (QED) is 0.853. The van der Waals surface area contributed by atoms with Gasteiger partial charge >= 0.3 is 5.97 Å². The molecule has 1 heterocycles. The fourth-order valence-corrected chi connectivity index (χ4v) is 2.36. The fourth-order valence-electron chi connectivity index (χ4n) is 2.36. The molecule has 2 N–H and O–H groups in total. The van der Waals surface area contributed by atoms with Crippen LogP contribution in [0.4, 0.5) is 0 Å². The van der Waals surface area contributed by atoms with Gasteiger partial charge in [-0.25, -0.2) is 9.78 Å². The average molecular weight is 244 g/mol. The predicted molar refractivity (Wildman–Crippen MR) is 69.9 cm³/mol. The summed E-state index contributed by atoms with van der Waals surface area (Å²) in [7, 11) is 0. The Morgan fingerprint density at radius 2 is 1.72 bits per heavy atom. The number of aromatic nitrogens is 2. The van der Waals surface area contributed by atoms with Gasteiger partial charge in [-0.3, -0.25) is 0 Å². The Morgan fingerprint density at radius 1 is 1.17 bits per heavy atom. The minimum Gasteiger partial charge on any atom is -0.475 e. The first-order valence-corrected chi connectivity index (χ1v) is 5.78. The average Bonchev–Trinajstić information content (AvgIpc) is 2.59. The number of carboxylic acids is 1. The Labute approximate surface area is 106 Å². The third-order valence-electron chi connectivity index (χ3n) is 3.00. The number of hydrogen-bond acceptors (Lipinski definition) is 2. The molecule has 4 nitrogen and oxygen atoms in total. The van der Waals surface area contributed by atoms with E-state index in [1.54, 1.807) is 0 Å². The van der Waals surface area contributed by atoms with E-state index in [4.69, 9.17) is 5.11 Å². The molecule has 2 rings (SSSR count). The van der Waals surface area contributed by atoms with Gasteiger partial charge in [-0.1, -0.05) is 17.7 Å². The monoisotopic (exact) mass is 244 g/mol. The number of benzene rings is 1. The minimum atomic E-state index is -1.04. The summed E-state index contributed by atoms with van der Waals surface area (Å²) in [5.41, 5.74) is 5.94. The number of hydrogen-bond donors (Lipinski definition) is 2. The van der Waals surface area contributed by atoms with Crippen LogP contribution >= 0.6 is 0 Å². The van der Waals surface area contributed by atoms with Crippen molar-refractivity contribution in [2.24, 2.45) is 0 Å². The summed E-state index contributed by atoms with van der Waals surface area (Å²) in [6.07, 6.45) is 0. The molecule has 0 spiro atoms. The van der Waals surface area contributed by atoms with E-state index in [9.17, 15) is 4.79 Å². The third-order valence-corrected chi connectivity index (χ3v) is 3.00. The summed E-state index contributed by atoms with van der Waals surface area (Å²) in [6.45, 7) is 7.92. The Hall–Kier alpha value is -2.10. The van der Waals surface area contributed by atoms with Gasteiger partial charge in [-0.2, -0.15) is 0 Å².